The number of ketones is 1. The highest BCUT2D eigenvalue weighted by Crippen LogP contribution is 2.30. The van der Waals surface area contributed by atoms with Crippen molar-refractivity contribution in [3.05, 3.63) is 48.4 Å². The third kappa shape index (κ3) is 5.27. The van der Waals surface area contributed by atoms with E-state index in [1.165, 1.54) is 11.5 Å². The molecular formula is C27H33N7O2S. The largest absolute Gasteiger partial charge is 0.378 e. The number of carbonyl (C=O) groups is 1. The number of hydrogen-bond acceptors (Lipinski definition) is 9. The van der Waals surface area contributed by atoms with E-state index in [1.54, 1.807) is 24.0 Å². The molecule has 10 heteroatoms. The summed E-state index contributed by atoms with van der Waals surface area (Å²) < 4.78 is 11.4. The Morgan fingerprint density at radius 3 is 2.70 bits per heavy atom. The number of fused-ring (bicyclic) bond motifs is 1. The summed E-state index contributed by atoms with van der Waals surface area (Å²) in [5.41, 5.74) is 3.69. The fraction of sp³-hybridized carbons (Fsp3) is 0.444. The van der Waals surface area contributed by atoms with Gasteiger partial charge < -0.3 is 14.5 Å². The van der Waals surface area contributed by atoms with Crippen LogP contribution in [0.15, 0.2) is 42.9 Å². The maximum Gasteiger partial charge on any atom is 0.165 e. The number of ether oxygens (including phenoxy) is 1. The van der Waals surface area contributed by atoms with Gasteiger partial charge in [0.25, 0.3) is 0 Å². The molecule has 5 heterocycles. The second-order valence-corrected chi connectivity index (χ2v) is 10.2. The number of anilines is 1. The molecule has 1 fully saturated rings. The van der Waals surface area contributed by atoms with Gasteiger partial charge in [-0.3, -0.25) is 4.79 Å². The van der Waals surface area contributed by atoms with Gasteiger partial charge in [-0.1, -0.05) is 13.8 Å². The zero-order chi connectivity index (χ0) is 25.9. The summed E-state index contributed by atoms with van der Waals surface area (Å²) >= 11 is 1.40. The normalized spacial score (nSPS) is 14.9. The Kier molecular flexibility index (Phi) is 7.59. The average Bonchev–Trinajstić information content (AvgIpc) is 3.57. The molecule has 0 aromatic carbocycles. The summed E-state index contributed by atoms with van der Waals surface area (Å²) in [5.74, 6) is 0.909. The summed E-state index contributed by atoms with van der Waals surface area (Å²) in [7, 11) is 1.73. The van der Waals surface area contributed by atoms with Crippen molar-refractivity contribution in [2.75, 3.05) is 38.2 Å². The molecule has 9 nitrogen and oxygen atoms in total. The van der Waals surface area contributed by atoms with E-state index in [4.69, 9.17) is 14.7 Å². The van der Waals surface area contributed by atoms with Crippen LogP contribution in [0.3, 0.4) is 0 Å². The van der Waals surface area contributed by atoms with E-state index < -0.39 is 0 Å². The van der Waals surface area contributed by atoms with Crippen LogP contribution in [0.1, 0.15) is 44.0 Å². The quantitative estimate of drug-likeness (QED) is 0.269. The summed E-state index contributed by atoms with van der Waals surface area (Å²) in [6.07, 6.45) is 6.93. The Balaban J connectivity index is 1.49. The number of pyridine rings is 1. The molecule has 37 heavy (non-hydrogen) atoms. The minimum absolute atomic E-state index is 0.127. The van der Waals surface area contributed by atoms with Gasteiger partial charge in [-0.2, -0.15) is 5.10 Å². The molecule has 0 saturated carbocycles. The molecule has 1 atom stereocenters. The third-order valence-electron chi connectivity index (χ3n) is 7.20. The van der Waals surface area contributed by atoms with Gasteiger partial charge in [-0.05, 0) is 62.2 Å². The summed E-state index contributed by atoms with van der Waals surface area (Å²) in [4.78, 5) is 28.7. The highest BCUT2D eigenvalue weighted by molar-refractivity contribution is 7.09. The standard InChI is InChI=1S/C27H33N7O2S/c1-5-32(6-2)18(3)7-8-24(35)19-13-23(30-26(14-19)33-16-20(17-33)36-4)21-15-28-34-12-10-22(31-27(21)34)25-9-11-29-37-25/h9-15,18,20H,5-8,16-17H2,1-4H3/t18-/m0/s1. The van der Waals surface area contributed by atoms with Crippen molar-refractivity contribution >= 4 is 28.8 Å². The number of hydrogen-bond donors (Lipinski definition) is 0. The van der Waals surface area contributed by atoms with E-state index in [0.29, 0.717) is 29.4 Å². The van der Waals surface area contributed by atoms with Gasteiger partial charge in [-0.25, -0.2) is 18.9 Å². The summed E-state index contributed by atoms with van der Waals surface area (Å²) in [6, 6.07) is 8.04. The minimum Gasteiger partial charge on any atom is -0.378 e. The van der Waals surface area contributed by atoms with Crippen molar-refractivity contribution in [2.24, 2.45) is 0 Å². The molecule has 1 saturated heterocycles. The fourth-order valence-corrected chi connectivity index (χ4v) is 5.36. The van der Waals surface area contributed by atoms with E-state index in [0.717, 1.165) is 54.6 Å². The van der Waals surface area contributed by atoms with Crippen LogP contribution in [0.5, 0.6) is 0 Å². The van der Waals surface area contributed by atoms with Crippen LogP contribution in [-0.2, 0) is 4.74 Å². The SMILES string of the molecule is CCN(CC)[C@@H](C)CCC(=O)c1cc(-c2cnn3ccc(-c4ccns4)nc23)nc(N2CC(OC)C2)c1. The van der Waals surface area contributed by atoms with Crippen LogP contribution in [0.25, 0.3) is 27.5 Å². The lowest BCUT2D eigenvalue weighted by molar-refractivity contribution is 0.0783. The second-order valence-electron chi connectivity index (χ2n) is 9.41. The molecule has 194 valence electrons. The van der Waals surface area contributed by atoms with Gasteiger partial charge in [0.05, 0.1) is 34.1 Å². The number of methoxy groups -OCH3 is 1. The maximum absolute atomic E-state index is 13.4. The molecule has 4 aromatic heterocycles. The Labute approximate surface area is 221 Å². The van der Waals surface area contributed by atoms with Crippen LogP contribution in [0, 0.1) is 0 Å². The van der Waals surface area contributed by atoms with Gasteiger partial charge in [0.15, 0.2) is 11.4 Å². The predicted molar refractivity (Wildman–Crippen MR) is 146 cm³/mol. The first-order valence-electron chi connectivity index (χ1n) is 12.8. The Morgan fingerprint density at radius 1 is 1.19 bits per heavy atom. The molecule has 0 N–H and O–H groups in total. The van der Waals surface area contributed by atoms with E-state index >= 15 is 0 Å². The van der Waals surface area contributed by atoms with Crippen molar-refractivity contribution in [2.45, 2.75) is 45.8 Å². The van der Waals surface area contributed by atoms with Crippen molar-refractivity contribution in [3.8, 4) is 21.8 Å². The first kappa shape index (κ1) is 25.4. The van der Waals surface area contributed by atoms with Crippen molar-refractivity contribution < 1.29 is 9.53 Å². The molecule has 4 aromatic rings. The number of aromatic nitrogens is 5. The molecule has 0 aliphatic carbocycles. The van der Waals surface area contributed by atoms with Crippen LogP contribution in [0.2, 0.25) is 0 Å². The van der Waals surface area contributed by atoms with Crippen LogP contribution < -0.4 is 4.90 Å². The van der Waals surface area contributed by atoms with Crippen LogP contribution in [-0.4, -0.2) is 80.1 Å². The van der Waals surface area contributed by atoms with Crippen molar-refractivity contribution in [1.82, 2.24) is 28.9 Å². The molecule has 1 aliphatic heterocycles. The highest BCUT2D eigenvalue weighted by atomic mass is 32.1. The summed E-state index contributed by atoms with van der Waals surface area (Å²) in [6.45, 7) is 9.99. The van der Waals surface area contributed by atoms with E-state index in [1.807, 2.05) is 30.5 Å². The van der Waals surface area contributed by atoms with E-state index in [-0.39, 0.29) is 11.9 Å². The molecule has 0 amide bonds. The lowest BCUT2D eigenvalue weighted by atomic mass is 10.0. The zero-order valence-corrected chi connectivity index (χ0v) is 22.6. The lowest BCUT2D eigenvalue weighted by Gasteiger charge is -2.39. The smallest absolute Gasteiger partial charge is 0.165 e. The fourth-order valence-electron chi connectivity index (χ4n) is 4.80. The average molecular weight is 520 g/mol. The Hall–Kier alpha value is -3.21. The number of carbonyl (C=O) groups excluding carboxylic acids is 1. The Morgan fingerprint density at radius 2 is 2.00 bits per heavy atom. The van der Waals surface area contributed by atoms with Gasteiger partial charge in [0.2, 0.25) is 0 Å². The van der Waals surface area contributed by atoms with Gasteiger partial charge in [-0.15, -0.1) is 0 Å². The van der Waals surface area contributed by atoms with Gasteiger partial charge in [0, 0.05) is 50.6 Å². The molecule has 0 bridgehead atoms. The molecule has 5 rings (SSSR count). The molecule has 0 spiro atoms. The monoisotopic (exact) mass is 519 g/mol. The third-order valence-corrected chi connectivity index (χ3v) is 7.97. The molecule has 0 radical (unpaired) electrons. The summed E-state index contributed by atoms with van der Waals surface area (Å²) in [5, 5.41) is 4.50. The highest BCUT2D eigenvalue weighted by Gasteiger charge is 2.29. The zero-order valence-electron chi connectivity index (χ0n) is 21.8. The topological polar surface area (TPSA) is 88.8 Å². The van der Waals surface area contributed by atoms with Gasteiger partial charge >= 0.3 is 0 Å². The lowest BCUT2D eigenvalue weighted by Crippen LogP contribution is -2.52. The molecular weight excluding hydrogens is 486 g/mol. The van der Waals surface area contributed by atoms with Crippen molar-refractivity contribution in [3.63, 3.8) is 0 Å². The predicted octanol–water partition coefficient (Wildman–Crippen LogP) is 4.44. The van der Waals surface area contributed by atoms with E-state index in [2.05, 4.69) is 40.0 Å². The van der Waals surface area contributed by atoms with Crippen molar-refractivity contribution in [1.29, 1.82) is 0 Å². The maximum atomic E-state index is 13.4. The van der Waals surface area contributed by atoms with E-state index in [9.17, 15) is 4.79 Å². The van der Waals surface area contributed by atoms with Crippen LogP contribution >= 0.6 is 11.5 Å². The number of rotatable bonds is 11. The van der Waals surface area contributed by atoms with Gasteiger partial charge in [0.1, 0.15) is 5.82 Å². The number of nitrogens with zero attached hydrogens (tertiary/aromatic N) is 7. The Bertz CT molecular complexity index is 1360. The first-order valence-corrected chi connectivity index (χ1v) is 13.6. The molecule has 0 unspecified atom stereocenters. The first-order chi connectivity index (χ1) is 18.0. The minimum atomic E-state index is 0.127. The molecule has 1 aliphatic rings. The number of Topliss-reactive ketones (excluding diaryl/α,β-unsaturated/α-hetero) is 1. The van der Waals surface area contributed by atoms with Crippen LogP contribution in [0.4, 0.5) is 5.82 Å². The second kappa shape index (κ2) is 11.0.